The van der Waals surface area contributed by atoms with E-state index in [1.54, 1.807) is 36.4 Å². The zero-order valence-corrected chi connectivity index (χ0v) is 20.9. The number of fused-ring (bicyclic) bond motifs is 1. The molecule has 2 aliphatic rings. The number of anilines is 2. The van der Waals surface area contributed by atoms with Crippen molar-refractivity contribution < 1.29 is 17.9 Å². The lowest BCUT2D eigenvalue weighted by Crippen LogP contribution is -2.48. The first kappa shape index (κ1) is 22.6. The smallest absolute Gasteiger partial charge is 0.267 e. The van der Waals surface area contributed by atoms with Crippen molar-refractivity contribution in [3.8, 4) is 5.75 Å². The number of nitrogens with one attached hydrogen (secondary N) is 1. The summed E-state index contributed by atoms with van der Waals surface area (Å²) in [5.74, 6) is -0.0116. The number of carbonyl (C=O) groups excluding carboxylic acids is 1. The van der Waals surface area contributed by atoms with Gasteiger partial charge >= 0.3 is 0 Å². The lowest BCUT2D eigenvalue weighted by Gasteiger charge is -2.35. The second-order valence-electron chi connectivity index (χ2n) is 9.53. The van der Waals surface area contributed by atoms with E-state index >= 15 is 0 Å². The molecule has 6 rings (SSSR count). The van der Waals surface area contributed by atoms with E-state index in [9.17, 15) is 13.2 Å². The number of sulfonamides is 1. The average molecular weight is 499 g/mol. The Morgan fingerprint density at radius 2 is 1.64 bits per heavy atom. The Morgan fingerprint density at radius 3 is 2.42 bits per heavy atom. The van der Waals surface area contributed by atoms with Crippen molar-refractivity contribution in [1.29, 1.82) is 0 Å². The number of hydrogen-bond acceptors (Lipinski definition) is 4. The highest BCUT2D eigenvalue weighted by Crippen LogP contribution is 2.39. The standard InChI is InChI=1S/C29H26N2O4S/c1-18-6-12-22(13-7-18)36(33,34)31-17-27(35-26-16-19(2)8-15-25(26)31)29(32)30-24-14-11-21-10-9-20-4-3-5-23(24)28(20)21/h3-8,11-16,27H,9-10,17H2,1-2H3,(H,30,32)/t27-/m0/s1. The highest BCUT2D eigenvalue weighted by atomic mass is 32.2. The average Bonchev–Trinajstić information content (AvgIpc) is 3.29. The van der Waals surface area contributed by atoms with Crippen LogP contribution in [0.15, 0.2) is 77.7 Å². The molecule has 0 radical (unpaired) electrons. The fraction of sp³-hybridized carbons (Fsp3) is 0.207. The van der Waals surface area contributed by atoms with Crippen LogP contribution in [0.4, 0.5) is 11.4 Å². The van der Waals surface area contributed by atoms with E-state index in [0.29, 0.717) is 17.1 Å². The minimum atomic E-state index is -3.91. The number of hydrogen-bond donors (Lipinski definition) is 1. The van der Waals surface area contributed by atoms with Crippen LogP contribution in [0.2, 0.25) is 0 Å². The summed E-state index contributed by atoms with van der Waals surface area (Å²) in [4.78, 5) is 13.7. The first-order valence-electron chi connectivity index (χ1n) is 12.0. The van der Waals surface area contributed by atoms with Crippen LogP contribution in [0.3, 0.4) is 0 Å². The third-order valence-electron chi connectivity index (χ3n) is 7.02. The van der Waals surface area contributed by atoms with Gasteiger partial charge in [0.25, 0.3) is 15.9 Å². The van der Waals surface area contributed by atoms with E-state index < -0.39 is 16.1 Å². The van der Waals surface area contributed by atoms with Gasteiger partial charge in [-0.05, 0) is 79.1 Å². The molecule has 0 unspecified atom stereocenters. The largest absolute Gasteiger partial charge is 0.476 e. The van der Waals surface area contributed by atoms with Crippen molar-refractivity contribution in [2.24, 2.45) is 0 Å². The van der Waals surface area contributed by atoms with E-state index in [2.05, 4.69) is 17.4 Å². The number of benzene rings is 4. The zero-order chi connectivity index (χ0) is 25.0. The molecular formula is C29H26N2O4S. The van der Waals surface area contributed by atoms with Gasteiger partial charge < -0.3 is 10.1 Å². The van der Waals surface area contributed by atoms with E-state index in [1.165, 1.54) is 20.8 Å². The normalized spacial score (nSPS) is 16.5. The van der Waals surface area contributed by atoms with Crippen LogP contribution >= 0.6 is 0 Å². The molecule has 1 heterocycles. The van der Waals surface area contributed by atoms with Gasteiger partial charge in [-0.25, -0.2) is 8.42 Å². The summed E-state index contributed by atoms with van der Waals surface area (Å²) in [6, 6.07) is 22.2. The highest BCUT2D eigenvalue weighted by Gasteiger charge is 2.38. The van der Waals surface area contributed by atoms with Crippen LogP contribution in [-0.2, 0) is 27.7 Å². The zero-order valence-electron chi connectivity index (χ0n) is 20.1. The maximum atomic E-state index is 13.7. The Labute approximate surface area is 210 Å². The number of carbonyl (C=O) groups is 1. The van der Waals surface area contributed by atoms with Gasteiger partial charge in [0.1, 0.15) is 5.75 Å². The van der Waals surface area contributed by atoms with Gasteiger partial charge in [-0.15, -0.1) is 0 Å². The number of rotatable bonds is 4. The van der Waals surface area contributed by atoms with Gasteiger partial charge in [0.05, 0.1) is 17.1 Å². The van der Waals surface area contributed by atoms with Crippen molar-refractivity contribution in [3.05, 3.63) is 95.1 Å². The molecule has 1 aliphatic carbocycles. The van der Waals surface area contributed by atoms with Crippen molar-refractivity contribution in [3.63, 3.8) is 0 Å². The second-order valence-corrected chi connectivity index (χ2v) is 11.4. The van der Waals surface area contributed by atoms with Crippen LogP contribution in [0.1, 0.15) is 22.3 Å². The van der Waals surface area contributed by atoms with Crippen LogP contribution < -0.4 is 14.4 Å². The molecule has 7 heteroatoms. The SMILES string of the molecule is Cc1ccc(S(=O)(=O)N2C[C@@H](C(=O)Nc3ccc4c5c(cccc35)CC4)Oc3cc(C)ccc32)cc1. The summed E-state index contributed by atoms with van der Waals surface area (Å²) in [7, 11) is -3.91. The Kier molecular flexibility index (Phi) is 5.26. The molecular weight excluding hydrogens is 472 g/mol. The minimum Gasteiger partial charge on any atom is -0.476 e. The molecule has 0 bridgehead atoms. The Hall–Kier alpha value is -3.84. The van der Waals surface area contributed by atoms with Gasteiger partial charge in [-0.1, -0.05) is 48.0 Å². The molecule has 4 aromatic rings. The summed E-state index contributed by atoms with van der Waals surface area (Å²) in [6.07, 6.45) is 0.984. The third kappa shape index (κ3) is 3.71. The summed E-state index contributed by atoms with van der Waals surface area (Å²) < 4.78 is 34.7. The topological polar surface area (TPSA) is 75.7 Å². The van der Waals surface area contributed by atoms with Gasteiger partial charge in [-0.3, -0.25) is 9.10 Å². The molecule has 0 spiro atoms. The summed E-state index contributed by atoms with van der Waals surface area (Å²) in [5.41, 5.74) is 5.58. The monoisotopic (exact) mass is 498 g/mol. The number of amides is 1. The fourth-order valence-electron chi connectivity index (χ4n) is 5.13. The van der Waals surface area contributed by atoms with Crippen LogP contribution in [0.5, 0.6) is 5.75 Å². The number of nitrogens with zero attached hydrogens (tertiary/aromatic N) is 1. The Morgan fingerprint density at radius 1 is 0.917 bits per heavy atom. The third-order valence-corrected chi connectivity index (χ3v) is 8.81. The molecule has 182 valence electrons. The summed E-state index contributed by atoms with van der Waals surface area (Å²) in [6.45, 7) is 3.68. The quantitative estimate of drug-likeness (QED) is 0.422. The number of aryl methyl sites for hydroxylation is 4. The molecule has 1 amide bonds. The maximum absolute atomic E-state index is 13.7. The fourth-order valence-corrected chi connectivity index (χ4v) is 6.61. The summed E-state index contributed by atoms with van der Waals surface area (Å²) in [5, 5.41) is 5.21. The molecule has 6 nitrogen and oxygen atoms in total. The molecule has 36 heavy (non-hydrogen) atoms. The lowest BCUT2D eigenvalue weighted by molar-refractivity contribution is -0.122. The Balaban J connectivity index is 1.36. The van der Waals surface area contributed by atoms with E-state index in [4.69, 9.17) is 4.74 Å². The predicted octanol–water partition coefficient (Wildman–Crippen LogP) is 5.15. The van der Waals surface area contributed by atoms with Gasteiger partial charge in [-0.2, -0.15) is 0 Å². The minimum absolute atomic E-state index is 0.126. The van der Waals surface area contributed by atoms with E-state index in [0.717, 1.165) is 29.4 Å². The van der Waals surface area contributed by atoms with Crippen LogP contribution in [0.25, 0.3) is 10.8 Å². The molecule has 1 aliphatic heterocycles. The van der Waals surface area contributed by atoms with Crippen LogP contribution in [-0.4, -0.2) is 27.0 Å². The first-order valence-corrected chi connectivity index (χ1v) is 13.5. The first-order chi connectivity index (χ1) is 17.3. The molecule has 1 atom stereocenters. The molecule has 4 aromatic carbocycles. The maximum Gasteiger partial charge on any atom is 0.267 e. The van der Waals surface area contributed by atoms with Crippen LogP contribution in [0, 0.1) is 13.8 Å². The van der Waals surface area contributed by atoms with Gasteiger partial charge in [0, 0.05) is 11.1 Å². The van der Waals surface area contributed by atoms with Gasteiger partial charge in [0.2, 0.25) is 0 Å². The summed E-state index contributed by atoms with van der Waals surface area (Å²) >= 11 is 0. The second kappa shape index (κ2) is 8.38. The van der Waals surface area contributed by atoms with Crippen molar-refractivity contribution in [2.75, 3.05) is 16.2 Å². The molecule has 0 saturated heterocycles. The highest BCUT2D eigenvalue weighted by molar-refractivity contribution is 7.92. The molecule has 0 aromatic heterocycles. The lowest BCUT2D eigenvalue weighted by atomic mass is 10.0. The van der Waals surface area contributed by atoms with Crippen molar-refractivity contribution >= 4 is 38.1 Å². The number of ether oxygens (including phenoxy) is 1. The molecule has 0 saturated carbocycles. The Bertz CT molecular complexity index is 1620. The van der Waals surface area contributed by atoms with E-state index in [1.807, 2.05) is 38.1 Å². The van der Waals surface area contributed by atoms with E-state index in [-0.39, 0.29) is 17.3 Å². The van der Waals surface area contributed by atoms with Crippen molar-refractivity contribution in [1.82, 2.24) is 0 Å². The van der Waals surface area contributed by atoms with Gasteiger partial charge in [0.15, 0.2) is 6.10 Å². The molecule has 0 fully saturated rings. The van der Waals surface area contributed by atoms with Crippen molar-refractivity contribution in [2.45, 2.75) is 37.7 Å². The molecule has 1 N–H and O–H groups in total. The predicted molar refractivity (Wildman–Crippen MR) is 141 cm³/mol.